The van der Waals surface area contributed by atoms with Gasteiger partial charge in [-0.15, -0.1) is 0 Å². The van der Waals surface area contributed by atoms with Crippen molar-refractivity contribution in [3.05, 3.63) is 24.3 Å². The van der Waals surface area contributed by atoms with Crippen LogP contribution in [-0.2, 0) is 28.9 Å². The fourth-order valence-corrected chi connectivity index (χ4v) is 10.7. The second-order valence-corrected chi connectivity index (χ2v) is 23.0. The molecule has 7 atom stereocenters. The number of carbonyl (C=O) groups is 1. The van der Waals surface area contributed by atoms with Crippen LogP contribution >= 0.6 is 0 Å². The average molecular weight is 1070 g/mol. The van der Waals surface area contributed by atoms with Gasteiger partial charge in [0.2, 0.25) is 5.91 Å². The van der Waals surface area contributed by atoms with Crippen molar-refractivity contribution >= 4 is 16.3 Å². The van der Waals surface area contributed by atoms with Crippen LogP contribution in [0.2, 0.25) is 0 Å². The van der Waals surface area contributed by atoms with E-state index in [-0.39, 0.29) is 12.5 Å². The van der Waals surface area contributed by atoms with E-state index in [4.69, 9.17) is 9.47 Å². The van der Waals surface area contributed by atoms with Gasteiger partial charge < -0.3 is 35.2 Å². The Bertz CT molecular complexity index is 1400. The first-order chi connectivity index (χ1) is 36.0. The van der Waals surface area contributed by atoms with Crippen molar-refractivity contribution in [3.63, 3.8) is 0 Å². The second kappa shape index (κ2) is 51.0. The molecule has 438 valence electrons. The first-order valence-electron chi connectivity index (χ1n) is 31.2. The molecular weight excluding hydrogens is 955 g/mol. The average Bonchev–Trinajstić information content (AvgIpc) is 3.38. The summed E-state index contributed by atoms with van der Waals surface area (Å²) in [5.74, 6) is -0.225. The molecule has 1 aliphatic rings. The molecule has 7 unspecified atom stereocenters. The van der Waals surface area contributed by atoms with Crippen LogP contribution in [0.25, 0.3) is 0 Å². The highest BCUT2D eigenvalue weighted by atomic mass is 32.3. The quantitative estimate of drug-likeness (QED) is 0.0193. The van der Waals surface area contributed by atoms with Crippen molar-refractivity contribution in [2.24, 2.45) is 0 Å². The molecular formula is C61H117NO11S. The lowest BCUT2D eigenvalue weighted by atomic mass is 9.99. The Morgan fingerprint density at radius 3 is 1.28 bits per heavy atom. The number of unbranched alkanes of at least 4 members (excludes halogenated alkanes) is 39. The lowest BCUT2D eigenvalue weighted by Gasteiger charge is -2.41. The van der Waals surface area contributed by atoms with Crippen molar-refractivity contribution < 1.29 is 51.8 Å². The zero-order valence-electron chi connectivity index (χ0n) is 47.7. The molecule has 0 bridgehead atoms. The molecule has 1 saturated heterocycles. The predicted octanol–water partition coefficient (Wildman–Crippen LogP) is 15.2. The Labute approximate surface area is 454 Å². The summed E-state index contributed by atoms with van der Waals surface area (Å²) >= 11 is 0. The number of ether oxygens (including phenoxy) is 2. The highest BCUT2D eigenvalue weighted by Crippen LogP contribution is 2.26. The molecule has 1 fully saturated rings. The van der Waals surface area contributed by atoms with E-state index < -0.39 is 59.9 Å². The van der Waals surface area contributed by atoms with Crippen LogP contribution in [0.5, 0.6) is 0 Å². The summed E-state index contributed by atoms with van der Waals surface area (Å²) < 4.78 is 47.9. The van der Waals surface area contributed by atoms with Crippen LogP contribution in [0.3, 0.4) is 0 Å². The van der Waals surface area contributed by atoms with E-state index in [9.17, 15) is 38.2 Å². The lowest BCUT2D eigenvalue weighted by molar-refractivity contribution is -0.298. The molecule has 0 aromatic carbocycles. The summed E-state index contributed by atoms with van der Waals surface area (Å²) in [6.45, 7) is 3.48. The summed E-state index contributed by atoms with van der Waals surface area (Å²) in [5, 5.41) is 45.1. The fourth-order valence-electron chi connectivity index (χ4n) is 10.2. The fraction of sp³-hybridized carbons (Fsp3) is 0.918. The molecule has 0 saturated carbocycles. The van der Waals surface area contributed by atoms with Gasteiger partial charge in [-0.2, -0.15) is 8.42 Å². The normalized spacial score (nSPS) is 19.3. The minimum atomic E-state index is -5.08. The number of amides is 1. The zero-order chi connectivity index (χ0) is 54.0. The Morgan fingerprint density at radius 2 is 0.905 bits per heavy atom. The summed E-state index contributed by atoms with van der Waals surface area (Å²) in [5.41, 5.74) is 0. The van der Waals surface area contributed by atoms with Gasteiger partial charge in [0.25, 0.3) is 0 Å². The maximum Gasteiger partial charge on any atom is 0.397 e. The number of nitrogens with one attached hydrogen (secondary N) is 1. The van der Waals surface area contributed by atoms with E-state index >= 15 is 0 Å². The molecule has 6 N–H and O–H groups in total. The molecule has 12 nitrogen and oxygen atoms in total. The van der Waals surface area contributed by atoms with Crippen molar-refractivity contribution in [2.75, 3.05) is 13.2 Å². The largest absolute Gasteiger partial charge is 0.397 e. The topological polar surface area (TPSA) is 192 Å². The van der Waals surface area contributed by atoms with E-state index in [2.05, 4.69) is 47.7 Å². The van der Waals surface area contributed by atoms with Crippen LogP contribution in [0.1, 0.15) is 303 Å². The smallest absolute Gasteiger partial charge is 0.394 e. The van der Waals surface area contributed by atoms with Gasteiger partial charge in [-0.05, 0) is 44.9 Å². The molecule has 1 rings (SSSR count). The first-order valence-corrected chi connectivity index (χ1v) is 32.6. The molecule has 1 aliphatic heterocycles. The molecule has 13 heteroatoms. The Balaban J connectivity index is 2.21. The van der Waals surface area contributed by atoms with E-state index in [1.165, 1.54) is 218 Å². The zero-order valence-corrected chi connectivity index (χ0v) is 48.5. The number of aliphatic hydroxyl groups excluding tert-OH is 4. The minimum Gasteiger partial charge on any atom is -0.394 e. The number of aliphatic hydroxyl groups is 4. The molecule has 74 heavy (non-hydrogen) atoms. The predicted molar refractivity (Wildman–Crippen MR) is 305 cm³/mol. The monoisotopic (exact) mass is 1070 g/mol. The Kier molecular flexibility index (Phi) is 48.7. The summed E-state index contributed by atoms with van der Waals surface area (Å²) in [6, 6.07) is -0.856. The second-order valence-electron chi connectivity index (χ2n) is 22.0. The van der Waals surface area contributed by atoms with Crippen molar-refractivity contribution in [1.29, 1.82) is 0 Å². The van der Waals surface area contributed by atoms with E-state index in [0.717, 1.165) is 57.8 Å². The Hall–Kier alpha value is -1.42. The SMILES string of the molecule is CCCCCCCCCCC/C=C\C/C=C\CCCCCCCCCCCCCCCCCCCC(=O)NC(COC1OC(CO)C(O)C(OS(=O)(=O)O)C1O)C(O)CCCCCCCCCCCCCCCC. The molecule has 0 spiro atoms. The van der Waals surface area contributed by atoms with Gasteiger partial charge in [0.15, 0.2) is 6.29 Å². The van der Waals surface area contributed by atoms with Crippen LogP contribution in [0, 0.1) is 0 Å². The van der Waals surface area contributed by atoms with E-state index in [1.54, 1.807) is 0 Å². The number of allylic oxidation sites excluding steroid dienone is 4. The maximum absolute atomic E-state index is 13.2. The summed E-state index contributed by atoms with van der Waals surface area (Å²) in [7, 11) is -5.08. The highest BCUT2D eigenvalue weighted by molar-refractivity contribution is 7.80. The van der Waals surface area contributed by atoms with Gasteiger partial charge in [0.05, 0.1) is 25.4 Å². The molecule has 0 aromatic rings. The molecule has 0 aliphatic carbocycles. The van der Waals surface area contributed by atoms with E-state index in [1.807, 2.05) is 0 Å². The first kappa shape index (κ1) is 70.6. The third-order valence-corrected chi connectivity index (χ3v) is 15.5. The number of carbonyl (C=O) groups excluding carboxylic acids is 1. The highest BCUT2D eigenvalue weighted by Gasteiger charge is 2.48. The Morgan fingerprint density at radius 1 is 0.541 bits per heavy atom. The number of rotatable bonds is 55. The molecule has 0 radical (unpaired) electrons. The molecule has 0 aromatic heterocycles. The van der Waals surface area contributed by atoms with Crippen molar-refractivity contribution in [2.45, 2.75) is 346 Å². The third kappa shape index (κ3) is 42.6. The number of hydrogen-bond acceptors (Lipinski definition) is 10. The maximum atomic E-state index is 13.2. The summed E-state index contributed by atoms with van der Waals surface area (Å²) in [6.07, 6.45) is 54.9. The number of hydrogen-bond donors (Lipinski definition) is 6. The van der Waals surface area contributed by atoms with Crippen LogP contribution < -0.4 is 5.32 Å². The van der Waals surface area contributed by atoms with Gasteiger partial charge in [-0.1, -0.05) is 276 Å². The minimum absolute atomic E-state index is 0.225. The standard InChI is InChI=1S/C61H117NO11S/c1-3-5-7-9-11-13-15-17-19-20-21-22-23-24-25-26-27-28-29-30-31-32-33-34-35-36-37-39-41-43-45-47-49-51-57(65)62-54(53-71-61-59(67)60(73-74(68,69)70)58(66)56(52-63)72-61)55(64)50-48-46-44-42-40-38-18-16-14-12-10-8-6-4-2/h21-22,24-25,54-56,58-61,63-64,66-67H,3-20,23,26-53H2,1-2H3,(H,62,65)(H,68,69,70)/b22-21-,25-24-. The van der Waals surface area contributed by atoms with Gasteiger partial charge in [0, 0.05) is 6.42 Å². The van der Waals surface area contributed by atoms with Gasteiger partial charge in [-0.25, -0.2) is 4.18 Å². The lowest BCUT2D eigenvalue weighted by Crippen LogP contribution is -2.61. The van der Waals surface area contributed by atoms with Gasteiger partial charge in [0.1, 0.15) is 24.4 Å². The van der Waals surface area contributed by atoms with Crippen LogP contribution in [0.15, 0.2) is 24.3 Å². The van der Waals surface area contributed by atoms with Gasteiger partial charge >= 0.3 is 10.4 Å². The van der Waals surface area contributed by atoms with E-state index in [0.29, 0.717) is 12.8 Å². The van der Waals surface area contributed by atoms with Crippen LogP contribution in [0.4, 0.5) is 0 Å². The third-order valence-electron chi connectivity index (χ3n) is 15.0. The van der Waals surface area contributed by atoms with Crippen molar-refractivity contribution in [1.82, 2.24) is 5.32 Å². The molecule has 1 heterocycles. The van der Waals surface area contributed by atoms with Crippen LogP contribution in [-0.4, -0.2) is 95.4 Å². The molecule has 1 amide bonds. The van der Waals surface area contributed by atoms with Crippen molar-refractivity contribution in [3.8, 4) is 0 Å². The van der Waals surface area contributed by atoms with Gasteiger partial charge in [-0.3, -0.25) is 9.35 Å². The summed E-state index contributed by atoms with van der Waals surface area (Å²) in [4.78, 5) is 13.2.